The van der Waals surface area contributed by atoms with Crippen molar-refractivity contribution in [3.05, 3.63) is 82.9 Å². The topological polar surface area (TPSA) is 77.1 Å². The summed E-state index contributed by atoms with van der Waals surface area (Å²) in [5.74, 6) is 1.26. The second-order valence-corrected chi connectivity index (χ2v) is 8.51. The zero-order valence-electron chi connectivity index (χ0n) is 20.5. The van der Waals surface area contributed by atoms with Gasteiger partial charge in [0.2, 0.25) is 0 Å². The van der Waals surface area contributed by atoms with E-state index in [-0.39, 0.29) is 18.4 Å². The number of methoxy groups -OCH3 is 2. The van der Waals surface area contributed by atoms with Gasteiger partial charge in [-0.3, -0.25) is 9.59 Å². The zero-order chi connectivity index (χ0) is 24.9. The zero-order valence-corrected chi connectivity index (χ0v) is 20.5. The molecule has 0 radical (unpaired) electrons. The van der Waals surface area contributed by atoms with Crippen LogP contribution >= 0.6 is 0 Å². The Morgan fingerprint density at radius 1 is 1.00 bits per heavy atom. The number of amides is 2. The molecule has 182 valence electrons. The number of nitrogens with zero attached hydrogens (tertiary/aromatic N) is 1. The second kappa shape index (κ2) is 10.5. The van der Waals surface area contributed by atoms with E-state index in [4.69, 9.17) is 14.2 Å². The van der Waals surface area contributed by atoms with Crippen LogP contribution in [-0.4, -0.2) is 44.1 Å². The van der Waals surface area contributed by atoms with Crippen molar-refractivity contribution in [2.24, 2.45) is 0 Å². The van der Waals surface area contributed by atoms with Gasteiger partial charge in [-0.05, 0) is 55.2 Å². The van der Waals surface area contributed by atoms with E-state index < -0.39 is 6.04 Å². The molecule has 0 spiro atoms. The van der Waals surface area contributed by atoms with E-state index in [9.17, 15) is 9.59 Å². The third-order valence-electron chi connectivity index (χ3n) is 6.26. The maximum Gasteiger partial charge on any atom is 0.261 e. The molecule has 0 fully saturated rings. The van der Waals surface area contributed by atoms with Gasteiger partial charge in [-0.2, -0.15) is 0 Å². The van der Waals surface area contributed by atoms with Crippen molar-refractivity contribution in [2.75, 3.05) is 32.7 Å². The first-order chi connectivity index (χ1) is 16.9. The summed E-state index contributed by atoms with van der Waals surface area (Å²) in [5, 5.41) is 3.07. The fourth-order valence-electron chi connectivity index (χ4n) is 4.40. The summed E-state index contributed by atoms with van der Waals surface area (Å²) in [4.78, 5) is 28.5. The van der Waals surface area contributed by atoms with Gasteiger partial charge < -0.3 is 24.4 Å². The van der Waals surface area contributed by atoms with Crippen molar-refractivity contribution >= 4 is 17.5 Å². The van der Waals surface area contributed by atoms with Crippen molar-refractivity contribution in [3.8, 4) is 17.2 Å². The van der Waals surface area contributed by atoms with Gasteiger partial charge in [0.05, 0.1) is 14.2 Å². The van der Waals surface area contributed by atoms with E-state index >= 15 is 0 Å². The first-order valence-electron chi connectivity index (χ1n) is 11.5. The van der Waals surface area contributed by atoms with E-state index in [1.54, 1.807) is 25.2 Å². The summed E-state index contributed by atoms with van der Waals surface area (Å²) in [7, 11) is 3.17. The number of hydrogen-bond donors (Lipinski definition) is 1. The number of para-hydroxylation sites is 2. The average Bonchev–Trinajstić information content (AvgIpc) is 3.01. The molecule has 0 aliphatic carbocycles. The van der Waals surface area contributed by atoms with Crippen molar-refractivity contribution < 1.29 is 23.8 Å². The molecule has 1 aliphatic heterocycles. The third-order valence-corrected chi connectivity index (χ3v) is 6.26. The smallest absolute Gasteiger partial charge is 0.261 e. The van der Waals surface area contributed by atoms with Crippen LogP contribution in [0.4, 0.5) is 5.69 Å². The minimum Gasteiger partial charge on any atom is -0.493 e. The fraction of sp³-hybridized carbons (Fsp3) is 0.286. The van der Waals surface area contributed by atoms with Gasteiger partial charge in [0.25, 0.3) is 11.8 Å². The average molecular weight is 475 g/mol. The van der Waals surface area contributed by atoms with Crippen LogP contribution in [0.5, 0.6) is 17.2 Å². The van der Waals surface area contributed by atoms with Crippen molar-refractivity contribution in [1.29, 1.82) is 0 Å². The predicted octanol–water partition coefficient (Wildman–Crippen LogP) is 4.46. The highest BCUT2D eigenvalue weighted by Gasteiger charge is 2.36. The van der Waals surface area contributed by atoms with Crippen LogP contribution in [0.25, 0.3) is 0 Å². The first kappa shape index (κ1) is 24.1. The van der Waals surface area contributed by atoms with Gasteiger partial charge in [0.1, 0.15) is 11.8 Å². The molecule has 1 N–H and O–H groups in total. The SMILES string of the molecule is COc1ccc(CCN2C(=O)COc3ccccc3C2C(=O)Nc2c(C)cccc2C)cc1OC. The number of carbonyl (C=O) groups excluding carboxylic acids is 2. The Balaban J connectivity index is 1.67. The summed E-state index contributed by atoms with van der Waals surface area (Å²) < 4.78 is 16.5. The van der Waals surface area contributed by atoms with Crippen LogP contribution in [0.15, 0.2) is 60.7 Å². The number of nitrogens with one attached hydrogen (secondary N) is 1. The molecule has 7 nitrogen and oxygen atoms in total. The summed E-state index contributed by atoms with van der Waals surface area (Å²) in [6.45, 7) is 4.10. The number of benzene rings is 3. The van der Waals surface area contributed by atoms with E-state index in [0.717, 1.165) is 22.4 Å². The van der Waals surface area contributed by atoms with Gasteiger partial charge in [0.15, 0.2) is 18.1 Å². The Kier molecular flexibility index (Phi) is 7.25. The normalized spacial score (nSPS) is 15.0. The summed E-state index contributed by atoms with van der Waals surface area (Å²) in [5.41, 5.74) is 4.30. The monoisotopic (exact) mass is 474 g/mol. The first-order valence-corrected chi connectivity index (χ1v) is 11.5. The van der Waals surface area contributed by atoms with Crippen molar-refractivity contribution in [2.45, 2.75) is 26.3 Å². The molecule has 4 rings (SSSR count). The van der Waals surface area contributed by atoms with E-state index in [1.165, 1.54) is 0 Å². The second-order valence-electron chi connectivity index (χ2n) is 8.51. The lowest BCUT2D eigenvalue weighted by molar-refractivity contribution is -0.139. The largest absolute Gasteiger partial charge is 0.493 e. The number of rotatable bonds is 7. The summed E-state index contributed by atoms with van der Waals surface area (Å²) >= 11 is 0. The maximum atomic E-state index is 13.7. The third kappa shape index (κ3) is 5.09. The molecule has 1 aliphatic rings. The Hall–Kier alpha value is -4.00. The lowest BCUT2D eigenvalue weighted by Gasteiger charge is -2.30. The molecule has 0 saturated carbocycles. The fourth-order valence-corrected chi connectivity index (χ4v) is 4.40. The number of aryl methyl sites for hydroxylation is 2. The Bertz CT molecular complexity index is 1220. The maximum absolute atomic E-state index is 13.7. The molecule has 0 saturated heterocycles. The van der Waals surface area contributed by atoms with Crippen molar-refractivity contribution in [1.82, 2.24) is 4.90 Å². The summed E-state index contributed by atoms with van der Waals surface area (Å²) in [6, 6.07) is 18.0. The molecule has 35 heavy (non-hydrogen) atoms. The van der Waals surface area contributed by atoms with Gasteiger partial charge >= 0.3 is 0 Å². The van der Waals surface area contributed by atoms with Crippen LogP contribution in [0.3, 0.4) is 0 Å². The van der Waals surface area contributed by atoms with E-state index in [0.29, 0.717) is 35.8 Å². The minimum atomic E-state index is -0.833. The Labute approximate surface area is 205 Å². The highest BCUT2D eigenvalue weighted by Crippen LogP contribution is 2.35. The van der Waals surface area contributed by atoms with Gasteiger partial charge in [-0.25, -0.2) is 0 Å². The van der Waals surface area contributed by atoms with Gasteiger partial charge in [-0.1, -0.05) is 42.5 Å². The molecule has 0 bridgehead atoms. The van der Waals surface area contributed by atoms with E-state index in [2.05, 4.69) is 5.32 Å². The molecule has 1 unspecified atom stereocenters. The molecule has 7 heteroatoms. The van der Waals surface area contributed by atoms with Gasteiger partial charge in [0, 0.05) is 17.8 Å². The number of fused-ring (bicyclic) bond motifs is 1. The molecule has 2 amide bonds. The van der Waals surface area contributed by atoms with Crippen molar-refractivity contribution in [3.63, 3.8) is 0 Å². The highest BCUT2D eigenvalue weighted by molar-refractivity contribution is 5.99. The number of anilines is 1. The summed E-state index contributed by atoms with van der Waals surface area (Å²) in [6.07, 6.45) is 0.529. The number of carbonyl (C=O) groups is 2. The highest BCUT2D eigenvalue weighted by atomic mass is 16.5. The molecular formula is C28H30N2O5. The molecule has 1 heterocycles. The molecule has 3 aromatic rings. The Morgan fingerprint density at radius 2 is 1.71 bits per heavy atom. The van der Waals surface area contributed by atoms with Crippen LogP contribution in [-0.2, 0) is 16.0 Å². The van der Waals surface area contributed by atoms with Crippen LogP contribution in [0.2, 0.25) is 0 Å². The van der Waals surface area contributed by atoms with Gasteiger partial charge in [-0.15, -0.1) is 0 Å². The lowest BCUT2D eigenvalue weighted by Crippen LogP contribution is -2.43. The standard InChI is InChI=1S/C28H30N2O5/c1-18-8-7-9-19(2)26(18)29-28(32)27-21-10-5-6-11-22(21)35-17-25(31)30(27)15-14-20-12-13-23(33-3)24(16-20)34-4/h5-13,16,27H,14-15,17H2,1-4H3,(H,29,32). The molecule has 3 aromatic carbocycles. The van der Waals surface area contributed by atoms with E-state index in [1.807, 2.05) is 68.4 Å². The molecule has 0 aromatic heterocycles. The van der Waals surface area contributed by atoms with Crippen LogP contribution < -0.4 is 19.5 Å². The molecule has 1 atom stereocenters. The van der Waals surface area contributed by atoms with Crippen LogP contribution in [0, 0.1) is 13.8 Å². The lowest BCUT2D eigenvalue weighted by atomic mass is 10.0. The number of hydrogen-bond acceptors (Lipinski definition) is 5. The predicted molar refractivity (Wildman–Crippen MR) is 134 cm³/mol. The van der Waals surface area contributed by atoms with Crippen LogP contribution in [0.1, 0.15) is 28.3 Å². The molecular weight excluding hydrogens is 444 g/mol. The minimum absolute atomic E-state index is 0.129. The Morgan fingerprint density at radius 3 is 2.43 bits per heavy atom. The quantitative estimate of drug-likeness (QED) is 0.547. The number of ether oxygens (including phenoxy) is 3.